The Morgan fingerprint density at radius 3 is 1.41 bits per heavy atom. The lowest BCUT2D eigenvalue weighted by atomic mass is 9.62. The van der Waals surface area contributed by atoms with Gasteiger partial charge in [-0.2, -0.15) is 0 Å². The summed E-state index contributed by atoms with van der Waals surface area (Å²) in [6.07, 6.45) is 41.6. The molecule has 4 N–H and O–H groups in total. The van der Waals surface area contributed by atoms with Gasteiger partial charge in [0, 0.05) is 29.3 Å². The number of aliphatic imine (C=N–C) groups is 1. The van der Waals surface area contributed by atoms with Crippen LogP contribution in [-0.2, 0) is 48.7 Å². The van der Waals surface area contributed by atoms with Crippen molar-refractivity contribution in [1.29, 1.82) is 0 Å². The summed E-state index contributed by atoms with van der Waals surface area (Å²) in [6.45, 7) is 80.8. The van der Waals surface area contributed by atoms with E-state index in [9.17, 15) is 24.9 Å². The Morgan fingerprint density at radius 2 is 0.912 bits per heavy atom. The minimum Gasteiger partial charge on any atom is -0.509 e. The van der Waals surface area contributed by atoms with E-state index in [1.807, 2.05) is 81.5 Å². The lowest BCUT2D eigenvalue weighted by Crippen LogP contribution is -2.34. The van der Waals surface area contributed by atoms with Crippen molar-refractivity contribution in [3.05, 3.63) is 377 Å². The number of hydrogen-bond donors (Lipinski definition) is 4. The van der Waals surface area contributed by atoms with Gasteiger partial charge in [-0.05, 0) is 378 Å². The number of ketones is 1. The fourth-order valence-electron chi connectivity index (χ4n) is 20.9. The molecule has 0 radical (unpaired) electrons. The van der Waals surface area contributed by atoms with Crippen molar-refractivity contribution < 1.29 is 34.8 Å². The van der Waals surface area contributed by atoms with Gasteiger partial charge >= 0.3 is 5.97 Å². The molecule has 0 aromatic heterocycles. The normalized spacial score (nSPS) is 20.5. The number of nitrogens with zero attached hydrogens (tertiary/aromatic N) is 2. The molecule has 14 rings (SSSR count). The first-order valence-electron chi connectivity index (χ1n) is 50.0. The summed E-state index contributed by atoms with van der Waals surface area (Å²) >= 11 is 0. The van der Waals surface area contributed by atoms with Gasteiger partial charge in [0.15, 0.2) is 5.78 Å². The molecule has 7 aliphatic rings. The van der Waals surface area contributed by atoms with Gasteiger partial charge < -0.3 is 30.1 Å². The molecule has 0 amide bonds. The zero-order chi connectivity index (χ0) is 102. The summed E-state index contributed by atoms with van der Waals surface area (Å²) in [7, 11) is 2.12. The maximum absolute atomic E-state index is 11.5. The molecule has 9 heteroatoms. The number of carbonyl (C=O) groups excluding carboxylic acids is 1. The number of allylic oxidation sites excluding steroid dienone is 20. The topological polar surface area (TPSA) is 140 Å². The van der Waals surface area contributed by atoms with E-state index in [1.54, 1.807) is 42.8 Å². The molecule has 1 saturated carbocycles. The van der Waals surface area contributed by atoms with Crippen LogP contribution in [0.4, 0.5) is 17.1 Å². The molecular weight excluding hydrogens is 1680 g/mol. The van der Waals surface area contributed by atoms with Crippen molar-refractivity contribution >= 4 is 45.7 Å². The largest absolute Gasteiger partial charge is 0.509 e. The number of benzene rings is 7. The number of carboxylic acids is 1. The van der Waals surface area contributed by atoms with E-state index >= 15 is 0 Å². The maximum Gasteiger partial charge on any atom is 0.335 e. The number of aryl methyl sites for hydroxylation is 2. The Morgan fingerprint density at radius 1 is 0.460 bits per heavy atom. The highest BCUT2D eigenvalue weighted by Crippen LogP contribution is 2.58. The van der Waals surface area contributed by atoms with Crippen molar-refractivity contribution in [2.45, 2.75) is 333 Å². The van der Waals surface area contributed by atoms with E-state index in [1.165, 1.54) is 148 Å². The highest BCUT2D eigenvalue weighted by atomic mass is 16.5. The van der Waals surface area contributed by atoms with E-state index in [-0.39, 0.29) is 82.8 Å². The van der Waals surface area contributed by atoms with Crippen molar-refractivity contribution in [3.8, 4) is 5.75 Å². The average molecular weight is 1840 g/mol. The highest BCUT2D eigenvalue weighted by Gasteiger charge is 2.51. The Balaban J connectivity index is 0.000000178. The average Bonchev–Trinajstić information content (AvgIpc) is 1.58. The van der Waals surface area contributed by atoms with Crippen molar-refractivity contribution in [1.82, 2.24) is 0 Å². The predicted octanol–water partition coefficient (Wildman–Crippen LogP) is 35.2. The summed E-state index contributed by atoms with van der Waals surface area (Å²) in [5.74, 6) is 0.993. The Hall–Kier alpha value is -11.3. The van der Waals surface area contributed by atoms with Crippen molar-refractivity contribution in [3.63, 3.8) is 0 Å². The number of aliphatic hydroxyl groups excluding tert-OH is 3. The number of carboxylic acid groups (broad SMARTS) is 1. The quantitative estimate of drug-likeness (QED) is 0.0317. The third kappa shape index (κ3) is 26.0. The van der Waals surface area contributed by atoms with Crippen LogP contribution in [-0.4, -0.2) is 51.5 Å². The van der Waals surface area contributed by atoms with Gasteiger partial charge in [-0.15, -0.1) is 0 Å². The van der Waals surface area contributed by atoms with E-state index in [2.05, 4.69) is 321 Å². The highest BCUT2D eigenvalue weighted by molar-refractivity contribution is 6.19. The molecule has 6 aliphatic carbocycles. The Bertz CT molecular complexity index is 6130. The van der Waals surface area contributed by atoms with E-state index in [0.717, 1.165) is 105 Å². The van der Waals surface area contributed by atoms with Crippen LogP contribution >= 0.6 is 0 Å². The number of hydrogen-bond acceptors (Lipinski definition) is 8. The molecule has 1 aliphatic heterocycles. The Kier molecular flexibility index (Phi) is 33.5. The monoisotopic (exact) mass is 1840 g/mol. The van der Waals surface area contributed by atoms with Crippen LogP contribution in [0.25, 0.3) is 11.1 Å². The number of fused-ring (bicyclic) bond motifs is 6. The van der Waals surface area contributed by atoms with Crippen LogP contribution in [0, 0.1) is 25.2 Å². The predicted molar refractivity (Wildman–Crippen MR) is 586 cm³/mol. The van der Waals surface area contributed by atoms with Gasteiger partial charge in [0.25, 0.3) is 0 Å². The van der Waals surface area contributed by atoms with Gasteiger partial charge in [0.1, 0.15) is 23.0 Å². The molecular formula is C128H164N2O7. The first-order valence-corrected chi connectivity index (χ1v) is 50.0. The van der Waals surface area contributed by atoms with Crippen LogP contribution < -0.4 is 9.64 Å². The second-order valence-corrected chi connectivity index (χ2v) is 46.7. The standard InChI is InChI=1S/C30H32N2O2.C27H38O2.C25H30O.C25H34O.C21H30O/c1-18-7-12-25-24(15-18)31-27(19-8-10-20(11-9-19)28(33)34)21-16-22-23(17-26(21)32(25)6)30(4,5)14-13-29(22,2)3;1-9-15-29-25-18-24-23(26(5,6)13-14-27(24,7)8)17-22(25)20(3)12-10-11-19(2)16-21(4)28;1-16-14-22-23(25(6,7)13-12-24(22,4)5)15-21(16)17(2)19-8-10-20(11-9-19)18(3)26;1-17(14-18(2)26)8-9-20-16-25(20,7)19-10-11-21-22(15-19)24(5,6)13-12-23(21,3)4;1-16(9-7-10-17(2)15-19(4)22)12-13-20-18(3)11-8-14-21(20,5)6/h7-12,15-17H,13-14H2,1-6H3,(H,33,34);10-12,16-18,28H,4,9,13-15H2,1-3,5-8H3;8-11,14-15H,2,12-13H2,1,3-7H3;8-11,14-15,20,26H,2,12-13,16H2,1,3-7H3;7,9-10,12-13,15,22H,4,8,11,14H2,1-3,5-6H3/b;11-10+,19-16+,20-12-;;9-8+,17-14+;10-7+,13-12+,16-9-,17-15+/t;;;20-,25-;/m...1./s1. The number of Topliss-reactive ketones (excluding diaryl/α,β-unsaturated/α-hetero) is 1. The lowest BCUT2D eigenvalue weighted by Gasteiger charge is -2.43. The lowest BCUT2D eigenvalue weighted by molar-refractivity contribution is 0.0696. The van der Waals surface area contributed by atoms with Crippen molar-refractivity contribution in [2.75, 3.05) is 18.6 Å². The number of carbonyl (C=O) groups is 2. The second-order valence-electron chi connectivity index (χ2n) is 46.7. The van der Waals surface area contributed by atoms with E-state index < -0.39 is 5.97 Å². The minimum atomic E-state index is -0.923. The van der Waals surface area contributed by atoms with Crippen LogP contribution in [0.5, 0.6) is 5.75 Å². The third-order valence-corrected chi connectivity index (χ3v) is 30.8. The number of anilines is 2. The first-order chi connectivity index (χ1) is 63.7. The molecule has 7 aromatic carbocycles. The van der Waals surface area contributed by atoms with Gasteiger partial charge in [-0.1, -0.05) is 309 Å². The smallest absolute Gasteiger partial charge is 0.335 e. The van der Waals surface area contributed by atoms with Crippen LogP contribution in [0.3, 0.4) is 0 Å². The molecule has 0 spiro atoms. The number of aromatic carboxylic acids is 1. The summed E-state index contributed by atoms with van der Waals surface area (Å²) < 4.78 is 6.19. The molecule has 0 bridgehead atoms. The van der Waals surface area contributed by atoms with Gasteiger partial charge in [-0.3, -0.25) is 4.79 Å². The molecule has 9 nitrogen and oxygen atoms in total. The summed E-state index contributed by atoms with van der Waals surface area (Å²) in [4.78, 5) is 30.4. The van der Waals surface area contributed by atoms with Crippen molar-refractivity contribution in [2.24, 2.45) is 16.3 Å². The van der Waals surface area contributed by atoms with E-state index in [4.69, 9.17) is 14.8 Å². The maximum atomic E-state index is 11.5. The fraction of sp³-hybridized carbons (Fsp3) is 0.430. The van der Waals surface area contributed by atoms with Crippen LogP contribution in [0.1, 0.15) is 380 Å². The molecule has 0 unspecified atom stereocenters. The number of rotatable bonds is 21. The summed E-state index contributed by atoms with van der Waals surface area (Å²) in [5.41, 5.74) is 37.5. The van der Waals surface area contributed by atoms with Gasteiger partial charge in [-0.25, -0.2) is 9.79 Å². The molecule has 2 atom stereocenters. The fourth-order valence-corrected chi connectivity index (χ4v) is 20.9. The number of ether oxygens (including phenoxy) is 1. The third-order valence-electron chi connectivity index (χ3n) is 30.8. The first kappa shape index (κ1) is 108. The molecule has 0 saturated heterocycles. The Labute approximate surface area is 826 Å². The summed E-state index contributed by atoms with van der Waals surface area (Å²) in [6, 6.07) is 42.7. The zero-order valence-electron chi connectivity index (χ0n) is 89.3. The van der Waals surface area contributed by atoms with Gasteiger partial charge in [0.05, 0.1) is 34.9 Å². The molecule has 137 heavy (non-hydrogen) atoms. The van der Waals surface area contributed by atoms with Crippen LogP contribution in [0.2, 0.25) is 0 Å². The zero-order valence-corrected chi connectivity index (χ0v) is 89.3. The molecule has 1 fully saturated rings. The number of aliphatic hydroxyl groups is 3. The molecule has 728 valence electrons. The minimum absolute atomic E-state index is 0.0719. The van der Waals surface area contributed by atoms with Crippen LogP contribution in [0.15, 0.2) is 282 Å². The van der Waals surface area contributed by atoms with E-state index in [0.29, 0.717) is 5.92 Å². The molecule has 1 heterocycles. The second kappa shape index (κ2) is 42.6. The van der Waals surface area contributed by atoms with Gasteiger partial charge in [0.2, 0.25) is 0 Å². The SMILES string of the molecule is C=C(O)/C=C(C)/C=C/C=C(/C)c1cc2c(cc1OCCC)C(C)(C)CCC2(C)C.C=C(O)/C=C(C)/C=C/C=C(C)\C=C\C1=C(C)CCCC1(C)C.C=C(O)/C=C(C)/C=C/[C@@H]1C[C@]1(C)c1ccc2c(c1)C(C)(C)CCC2(C)C.C=C(c1ccc(C(C)=O)cc1)c1cc2c(cc1C)C(C)(C)CCC2(C)C.Cc1ccc2c(c1)N=C(c1ccc(C(=O)O)cc1)c1cc3c(cc1N2C)C(C)(C)CCC3(C)C. The summed E-state index contributed by atoms with van der Waals surface area (Å²) in [5, 5.41) is 37.1. The molecule has 7 aromatic rings.